The van der Waals surface area contributed by atoms with E-state index in [-0.39, 0.29) is 0 Å². The normalized spacial score (nSPS) is 20.0. The van der Waals surface area contributed by atoms with Crippen molar-refractivity contribution in [1.82, 2.24) is 39.9 Å². The molecule has 2 atom stereocenters. The third-order valence-corrected chi connectivity index (χ3v) is 10.3. The summed E-state index contributed by atoms with van der Waals surface area (Å²) in [6.07, 6.45) is 10.7. The first-order chi connectivity index (χ1) is 25.1. The van der Waals surface area contributed by atoms with Gasteiger partial charge in [-0.15, -0.1) is 0 Å². The van der Waals surface area contributed by atoms with Crippen LogP contribution in [-0.2, 0) is 22.3 Å². The summed E-state index contributed by atoms with van der Waals surface area (Å²) in [5.41, 5.74) is 9.15. The van der Waals surface area contributed by atoms with Gasteiger partial charge in [0.15, 0.2) is 34.6 Å². The summed E-state index contributed by atoms with van der Waals surface area (Å²) in [4.78, 5) is 38.5. The highest BCUT2D eigenvalue weighted by atomic mass is 16.8. The number of aryl methyl sites for hydroxylation is 2. The quantitative estimate of drug-likeness (QED) is 0.166. The number of aromatic nitrogens is 8. The molecule has 280 valence electrons. The van der Waals surface area contributed by atoms with E-state index in [1.807, 2.05) is 0 Å². The van der Waals surface area contributed by atoms with Crippen molar-refractivity contribution >= 4 is 44.9 Å². The molecule has 0 aliphatic carbocycles. The zero-order chi connectivity index (χ0) is 37.2. The van der Waals surface area contributed by atoms with Crippen LogP contribution in [0.25, 0.3) is 44.9 Å². The second-order valence-corrected chi connectivity index (χ2v) is 14.1. The maximum atomic E-state index is 6.66. The van der Waals surface area contributed by atoms with Gasteiger partial charge in [0.1, 0.15) is 11.3 Å². The lowest BCUT2D eigenvalue weighted by molar-refractivity contribution is -0.344. The number of rotatable bonds is 14. The van der Waals surface area contributed by atoms with E-state index in [1.165, 1.54) is 0 Å². The molecule has 0 fully saturated rings. The molecule has 6 heterocycles. The summed E-state index contributed by atoms with van der Waals surface area (Å²) in [7, 11) is 3.15. The van der Waals surface area contributed by atoms with Crippen molar-refractivity contribution in [1.29, 1.82) is 0 Å². The summed E-state index contributed by atoms with van der Waals surface area (Å²) in [6, 6.07) is 0. The van der Waals surface area contributed by atoms with Crippen molar-refractivity contribution in [3.63, 3.8) is 0 Å². The molecule has 0 radical (unpaired) electrons. The van der Waals surface area contributed by atoms with Gasteiger partial charge in [-0.1, -0.05) is 80.1 Å². The third-order valence-electron chi connectivity index (χ3n) is 10.3. The minimum absolute atomic E-state index is 0.376. The van der Waals surface area contributed by atoms with Crippen LogP contribution in [0.1, 0.15) is 154 Å². The second kappa shape index (κ2) is 15.4. The Morgan fingerprint density at radius 2 is 0.750 bits per heavy atom. The molecular weight excluding hydrogens is 656 g/mol. The first-order valence-electron chi connectivity index (χ1n) is 19.3. The molecule has 0 aromatic carbocycles. The Balaban J connectivity index is 1.82. The number of nitrogens with zero attached hydrogens (tertiary/aromatic N) is 6. The Morgan fingerprint density at radius 1 is 0.442 bits per heavy atom. The van der Waals surface area contributed by atoms with Gasteiger partial charge in [-0.05, 0) is 38.5 Å². The monoisotopic (exact) mass is 712 g/mol. The number of hydrogen-bond donors (Lipinski definition) is 2. The number of ether oxygens (including phenoxy) is 4. The molecule has 0 unspecified atom stereocenters. The van der Waals surface area contributed by atoms with Gasteiger partial charge in [0.2, 0.25) is 11.5 Å². The van der Waals surface area contributed by atoms with E-state index in [0.29, 0.717) is 45.9 Å². The topological polar surface area (TPSA) is 146 Å². The Labute approximate surface area is 307 Å². The van der Waals surface area contributed by atoms with E-state index < -0.39 is 11.6 Å². The molecular formula is C40H56N8O4. The summed E-state index contributed by atoms with van der Waals surface area (Å²) < 4.78 is 25.1. The van der Waals surface area contributed by atoms with E-state index in [9.17, 15) is 0 Å². The predicted molar refractivity (Wildman–Crippen MR) is 206 cm³/mol. The maximum absolute atomic E-state index is 6.66. The van der Waals surface area contributed by atoms with Gasteiger partial charge < -0.3 is 28.9 Å². The van der Waals surface area contributed by atoms with Crippen LogP contribution in [0.3, 0.4) is 0 Å². The van der Waals surface area contributed by atoms with Crippen LogP contribution in [-0.4, -0.2) is 65.7 Å². The van der Waals surface area contributed by atoms with E-state index >= 15 is 0 Å². The number of aromatic amines is 2. The molecule has 0 saturated heterocycles. The van der Waals surface area contributed by atoms with E-state index in [1.54, 1.807) is 28.1 Å². The van der Waals surface area contributed by atoms with Gasteiger partial charge in [-0.25, -0.2) is 29.9 Å². The van der Waals surface area contributed by atoms with Gasteiger partial charge >= 0.3 is 0 Å². The lowest BCUT2D eigenvalue weighted by atomic mass is 10.00. The van der Waals surface area contributed by atoms with Crippen LogP contribution >= 0.6 is 0 Å². The van der Waals surface area contributed by atoms with Crippen molar-refractivity contribution in [2.45, 2.75) is 144 Å². The molecule has 12 heteroatoms. The van der Waals surface area contributed by atoms with Gasteiger partial charge in [-0.2, -0.15) is 0 Å². The summed E-state index contributed by atoms with van der Waals surface area (Å²) in [6.45, 7) is 16.7. The average molecular weight is 713 g/mol. The Kier molecular flexibility index (Phi) is 11.2. The maximum Gasteiger partial charge on any atom is 0.273 e. The highest BCUT2D eigenvalue weighted by Gasteiger charge is 2.56. The standard InChI is InChI=1S/C40H56N8O4/c1-11-17-23-24(18-12-2)32-41-31(23)42-33-25(19-13-3)27(21-15-5)35(44-33)46-37-29-30(52-40(8,50-10)39(7,49-9)51-29)38(48-37)47-36-28(22-16-6)26(20-14-4)34(43-32)45-36/h11-22H2,1-10H3,(H2,41,42,43,44,45,46,47,48)/t39-,40-/m1/s1. The first-order valence-corrected chi connectivity index (χ1v) is 19.3. The van der Waals surface area contributed by atoms with Crippen LogP contribution < -0.4 is 9.47 Å². The van der Waals surface area contributed by atoms with E-state index in [2.05, 4.69) is 51.5 Å². The Bertz CT molecular complexity index is 2050. The zero-order valence-corrected chi connectivity index (χ0v) is 32.8. The summed E-state index contributed by atoms with van der Waals surface area (Å²) in [5.74, 6) is 0.837. The first kappa shape index (κ1) is 37.6. The fourth-order valence-electron chi connectivity index (χ4n) is 7.45. The third kappa shape index (κ3) is 6.53. The number of hydrogen-bond acceptors (Lipinski definition) is 10. The van der Waals surface area contributed by atoms with Gasteiger partial charge in [0, 0.05) is 61.5 Å². The minimum atomic E-state index is -1.30. The highest BCUT2D eigenvalue weighted by molar-refractivity contribution is 5.93. The van der Waals surface area contributed by atoms with Crippen LogP contribution in [0.4, 0.5) is 0 Å². The lowest BCUT2D eigenvalue weighted by Gasteiger charge is -2.45. The molecule has 0 spiro atoms. The predicted octanol–water partition coefficient (Wildman–Crippen LogP) is 9.32. The Hall–Kier alpha value is -4.16. The summed E-state index contributed by atoms with van der Waals surface area (Å²) >= 11 is 0. The van der Waals surface area contributed by atoms with Crippen molar-refractivity contribution in [2.75, 3.05) is 14.2 Å². The molecule has 6 rings (SSSR count). The van der Waals surface area contributed by atoms with Gasteiger partial charge in [0.25, 0.3) is 11.6 Å². The molecule has 3 aromatic heterocycles. The summed E-state index contributed by atoms with van der Waals surface area (Å²) in [5, 5.41) is 0. The number of fused-ring (bicyclic) bond motifs is 11. The lowest BCUT2D eigenvalue weighted by Crippen LogP contribution is -2.62. The fourth-order valence-corrected chi connectivity index (χ4v) is 7.45. The fraction of sp³-hybridized carbons (Fsp3) is 0.600. The van der Waals surface area contributed by atoms with Crippen molar-refractivity contribution < 1.29 is 18.9 Å². The van der Waals surface area contributed by atoms with Crippen molar-refractivity contribution in [3.8, 4) is 11.5 Å². The molecule has 3 aliphatic heterocycles. The van der Waals surface area contributed by atoms with E-state index in [0.717, 1.165) is 122 Å². The average Bonchev–Trinajstić information content (AvgIpc) is 3.82. The SMILES string of the molecule is CCCC1=C(CCC)c2nc1nc1nc(nc3[nH]c(nc4[nH]c(n2)c(CCC)c4CCC)c2c3O[C@@](C)(OC)[C@](C)(OC)O2)C(CCC)=C1CCC. The minimum Gasteiger partial charge on any atom is -0.448 e. The number of methoxy groups -OCH3 is 2. The highest BCUT2D eigenvalue weighted by Crippen LogP contribution is 2.48. The van der Waals surface area contributed by atoms with Crippen LogP contribution in [0.15, 0.2) is 0 Å². The molecule has 0 saturated carbocycles. The molecule has 12 nitrogen and oxygen atoms in total. The molecule has 52 heavy (non-hydrogen) atoms. The van der Waals surface area contributed by atoms with Gasteiger partial charge in [-0.3, -0.25) is 0 Å². The Morgan fingerprint density at radius 3 is 1.12 bits per heavy atom. The molecule has 3 aromatic rings. The van der Waals surface area contributed by atoms with Crippen LogP contribution in [0, 0.1) is 0 Å². The van der Waals surface area contributed by atoms with Crippen LogP contribution in [0.5, 0.6) is 11.5 Å². The molecule has 8 bridgehead atoms. The molecule has 2 N–H and O–H groups in total. The number of allylic oxidation sites excluding steroid dienone is 4. The van der Waals surface area contributed by atoms with Crippen molar-refractivity contribution in [2.24, 2.45) is 0 Å². The zero-order valence-electron chi connectivity index (χ0n) is 32.8. The van der Waals surface area contributed by atoms with E-state index in [4.69, 9.17) is 48.9 Å². The van der Waals surface area contributed by atoms with Gasteiger partial charge in [0.05, 0.1) is 0 Å². The largest absolute Gasteiger partial charge is 0.448 e. The molecule has 0 amide bonds. The smallest absolute Gasteiger partial charge is 0.273 e. The second-order valence-electron chi connectivity index (χ2n) is 14.1. The van der Waals surface area contributed by atoms with Crippen molar-refractivity contribution in [3.05, 3.63) is 34.4 Å². The molecule has 3 aliphatic rings. The van der Waals surface area contributed by atoms with Crippen LogP contribution in [0.2, 0.25) is 0 Å². The number of nitrogens with one attached hydrogen (secondary N) is 2. The number of H-pyrrole nitrogens is 2.